The number of nitrogens with zero attached hydrogens (tertiary/aromatic N) is 1. The summed E-state index contributed by atoms with van der Waals surface area (Å²) in [7, 11) is 2.24. The summed E-state index contributed by atoms with van der Waals surface area (Å²) < 4.78 is 13.7. The van der Waals surface area contributed by atoms with Crippen molar-refractivity contribution in [1.82, 2.24) is 4.90 Å². The van der Waals surface area contributed by atoms with E-state index in [1.54, 1.807) is 0 Å². The van der Waals surface area contributed by atoms with E-state index in [2.05, 4.69) is 74.4 Å². The van der Waals surface area contributed by atoms with Gasteiger partial charge < -0.3 is 14.4 Å². The van der Waals surface area contributed by atoms with E-state index in [0.717, 1.165) is 38.6 Å². The molecule has 2 fully saturated rings. The predicted octanol–water partition coefficient (Wildman–Crippen LogP) is 13.2. The molecule has 0 bridgehead atoms. The van der Waals surface area contributed by atoms with E-state index in [1.807, 2.05) is 0 Å². The van der Waals surface area contributed by atoms with Crippen molar-refractivity contribution in [3.8, 4) is 0 Å². The molecule has 2 heterocycles. The van der Waals surface area contributed by atoms with Gasteiger partial charge in [-0.3, -0.25) is 0 Å². The maximum Gasteiger partial charge on any atom is 0.169 e. The quantitative estimate of drug-likeness (QED) is 0.0600. The average Bonchev–Trinajstić information content (AvgIpc) is 3.29. The zero-order chi connectivity index (χ0) is 32.8. The molecule has 0 aromatic heterocycles. The van der Waals surface area contributed by atoms with Crippen LogP contribution < -0.4 is 0 Å². The number of unbranched alkanes of at least 4 members (excludes halogenated alkanes) is 17. The van der Waals surface area contributed by atoms with E-state index < -0.39 is 0 Å². The maximum atomic E-state index is 6.86. The van der Waals surface area contributed by atoms with Gasteiger partial charge in [0.2, 0.25) is 0 Å². The van der Waals surface area contributed by atoms with E-state index in [1.165, 1.54) is 148 Å². The van der Waals surface area contributed by atoms with E-state index in [-0.39, 0.29) is 11.9 Å². The highest BCUT2D eigenvalue weighted by atomic mass is 16.8. The Morgan fingerprint density at radius 2 is 0.935 bits per heavy atom. The Kier molecular flexibility index (Phi) is 25.7. The van der Waals surface area contributed by atoms with Crippen molar-refractivity contribution < 1.29 is 9.47 Å². The lowest BCUT2D eigenvalue weighted by Crippen LogP contribution is -2.35. The van der Waals surface area contributed by atoms with E-state index in [0.29, 0.717) is 6.10 Å². The molecule has 266 valence electrons. The monoisotopic (exact) mass is 640 g/mol. The van der Waals surface area contributed by atoms with Gasteiger partial charge in [0.25, 0.3) is 0 Å². The fraction of sp³-hybridized carbons (Fsp3) is 0.814. The number of ether oxygens (including phenoxy) is 2. The summed E-state index contributed by atoms with van der Waals surface area (Å²) in [4.78, 5) is 2.45. The van der Waals surface area contributed by atoms with Gasteiger partial charge in [0, 0.05) is 19.4 Å². The molecule has 0 spiro atoms. The van der Waals surface area contributed by atoms with Gasteiger partial charge in [-0.05, 0) is 103 Å². The number of fused-ring (bicyclic) bond motifs is 1. The third-order valence-electron chi connectivity index (χ3n) is 9.93. The minimum Gasteiger partial charge on any atom is -0.344 e. The van der Waals surface area contributed by atoms with E-state index >= 15 is 0 Å². The number of hydrogen-bond donors (Lipinski definition) is 0. The molecule has 3 atom stereocenters. The fourth-order valence-electron chi connectivity index (χ4n) is 7.04. The summed E-state index contributed by atoms with van der Waals surface area (Å²) >= 11 is 0. The van der Waals surface area contributed by atoms with Crippen LogP contribution in [0.5, 0.6) is 0 Å². The van der Waals surface area contributed by atoms with Gasteiger partial charge in [-0.1, -0.05) is 133 Å². The van der Waals surface area contributed by atoms with Crippen molar-refractivity contribution in [3.63, 3.8) is 0 Å². The molecule has 0 aliphatic carbocycles. The number of likely N-dealkylation sites (tertiary alicyclic amines) is 1. The van der Waals surface area contributed by atoms with Crippen LogP contribution in [0.3, 0.4) is 0 Å². The second kappa shape index (κ2) is 28.8. The molecule has 0 aromatic rings. The number of likely N-dealkylation sites (N-methyl/N-ethyl adjacent to an activating group) is 1. The first-order valence-electron chi connectivity index (χ1n) is 20.3. The SMILES string of the molecule is CCCCC/C=C\C/C=C\CCCCCCCCC1(CCCCCCC/C=C/C/C=C\CCCCC)OC2CCCN(C)CC2O1. The summed E-state index contributed by atoms with van der Waals surface area (Å²) in [6.45, 7) is 6.74. The number of rotatable bonds is 29. The zero-order valence-corrected chi connectivity index (χ0v) is 31.0. The first kappa shape index (κ1) is 41.0. The normalized spacial score (nSPS) is 22.7. The first-order chi connectivity index (χ1) is 22.7. The molecule has 0 radical (unpaired) electrons. The highest BCUT2D eigenvalue weighted by Gasteiger charge is 2.47. The van der Waals surface area contributed by atoms with Crippen molar-refractivity contribution in [2.24, 2.45) is 0 Å². The highest BCUT2D eigenvalue weighted by Crippen LogP contribution is 2.40. The molecular weight excluding hydrogens is 562 g/mol. The molecule has 2 aliphatic heterocycles. The Bertz CT molecular complexity index is 801. The lowest BCUT2D eigenvalue weighted by atomic mass is 9.98. The van der Waals surface area contributed by atoms with Crippen molar-refractivity contribution in [2.45, 2.75) is 205 Å². The average molecular weight is 640 g/mol. The highest BCUT2D eigenvalue weighted by molar-refractivity contribution is 4.94. The van der Waals surface area contributed by atoms with Gasteiger partial charge in [0.1, 0.15) is 0 Å². The minimum atomic E-state index is -0.324. The molecule has 3 unspecified atom stereocenters. The van der Waals surface area contributed by atoms with Crippen molar-refractivity contribution in [2.75, 3.05) is 20.1 Å². The first-order valence-corrected chi connectivity index (χ1v) is 20.3. The minimum absolute atomic E-state index is 0.259. The van der Waals surface area contributed by atoms with Crippen LogP contribution in [0.4, 0.5) is 0 Å². The predicted molar refractivity (Wildman–Crippen MR) is 203 cm³/mol. The van der Waals surface area contributed by atoms with Gasteiger partial charge in [-0.15, -0.1) is 0 Å². The van der Waals surface area contributed by atoms with Gasteiger partial charge in [-0.2, -0.15) is 0 Å². The molecule has 2 aliphatic rings. The van der Waals surface area contributed by atoms with Crippen LogP contribution >= 0.6 is 0 Å². The van der Waals surface area contributed by atoms with Gasteiger partial charge >= 0.3 is 0 Å². The lowest BCUT2D eigenvalue weighted by Gasteiger charge is -2.29. The Morgan fingerprint density at radius 1 is 0.522 bits per heavy atom. The molecule has 0 aromatic carbocycles. The lowest BCUT2D eigenvalue weighted by molar-refractivity contribution is -0.189. The molecule has 2 saturated heterocycles. The summed E-state index contributed by atoms with van der Waals surface area (Å²) in [6.07, 6.45) is 53.6. The second-order valence-electron chi connectivity index (χ2n) is 14.4. The topological polar surface area (TPSA) is 21.7 Å². The maximum absolute atomic E-state index is 6.86. The fourth-order valence-corrected chi connectivity index (χ4v) is 7.04. The molecule has 0 saturated carbocycles. The summed E-state index contributed by atoms with van der Waals surface area (Å²) in [5.74, 6) is -0.324. The number of hydrogen-bond acceptors (Lipinski definition) is 3. The van der Waals surface area contributed by atoms with Crippen LogP contribution in [0.2, 0.25) is 0 Å². The van der Waals surface area contributed by atoms with Gasteiger partial charge in [0.15, 0.2) is 5.79 Å². The molecule has 0 N–H and O–H groups in total. The third-order valence-corrected chi connectivity index (χ3v) is 9.93. The van der Waals surface area contributed by atoms with Crippen LogP contribution in [0.1, 0.15) is 187 Å². The molecule has 0 amide bonds. The zero-order valence-electron chi connectivity index (χ0n) is 31.0. The van der Waals surface area contributed by atoms with Crippen LogP contribution in [-0.2, 0) is 9.47 Å². The Hall–Kier alpha value is -1.16. The molecule has 2 rings (SSSR count). The van der Waals surface area contributed by atoms with E-state index in [4.69, 9.17) is 9.47 Å². The van der Waals surface area contributed by atoms with Gasteiger partial charge in [-0.25, -0.2) is 0 Å². The molecule has 3 nitrogen and oxygen atoms in total. The third kappa shape index (κ3) is 20.9. The summed E-state index contributed by atoms with van der Waals surface area (Å²) in [6, 6.07) is 0. The Balaban J connectivity index is 1.58. The largest absolute Gasteiger partial charge is 0.344 e. The van der Waals surface area contributed by atoms with Gasteiger partial charge in [0.05, 0.1) is 12.2 Å². The van der Waals surface area contributed by atoms with Crippen molar-refractivity contribution >= 4 is 0 Å². The Labute approximate surface area is 287 Å². The van der Waals surface area contributed by atoms with Crippen LogP contribution in [-0.4, -0.2) is 43.0 Å². The van der Waals surface area contributed by atoms with Crippen LogP contribution in [0.15, 0.2) is 48.6 Å². The van der Waals surface area contributed by atoms with Crippen molar-refractivity contribution in [3.05, 3.63) is 48.6 Å². The Morgan fingerprint density at radius 3 is 1.41 bits per heavy atom. The van der Waals surface area contributed by atoms with E-state index in [9.17, 15) is 0 Å². The van der Waals surface area contributed by atoms with Crippen molar-refractivity contribution in [1.29, 1.82) is 0 Å². The molecule has 46 heavy (non-hydrogen) atoms. The summed E-state index contributed by atoms with van der Waals surface area (Å²) in [5.41, 5.74) is 0. The van der Waals surface area contributed by atoms with Crippen LogP contribution in [0.25, 0.3) is 0 Å². The molecule has 3 heteroatoms. The van der Waals surface area contributed by atoms with Crippen LogP contribution in [0, 0.1) is 0 Å². The smallest absolute Gasteiger partial charge is 0.169 e. The second-order valence-corrected chi connectivity index (χ2v) is 14.4. The standard InChI is InChI=1S/C43H77NO2/c1-4-6-8-10-12-14-16-18-20-22-24-26-28-30-32-34-38-43(45-41-36-35-39-44(3)40-42(41)46-43)37-33-31-29-27-25-23-21-19-17-15-13-11-9-7-5-2/h12-15,18-21,41-42H,4-11,16-17,22-40H2,1-3H3/b14-12-,15-13-,20-18-,21-19+. The molecular formula is C43H77NO2. The number of allylic oxidation sites excluding steroid dienone is 8. The summed E-state index contributed by atoms with van der Waals surface area (Å²) in [5, 5.41) is 0.